The molecule has 2 saturated heterocycles. The third-order valence-corrected chi connectivity index (χ3v) is 3.32. The van der Waals surface area contributed by atoms with Gasteiger partial charge >= 0.3 is 0 Å². The van der Waals surface area contributed by atoms with Crippen LogP contribution in [0.25, 0.3) is 0 Å². The molecular weight excluding hydrogens is 192 g/mol. The zero-order chi connectivity index (χ0) is 10.7. The number of carbonyl (C=O) groups excluding carboxylic acids is 1. The Balaban J connectivity index is 1.88. The second-order valence-corrected chi connectivity index (χ2v) is 4.58. The van der Waals surface area contributed by atoms with E-state index in [-0.39, 0.29) is 18.1 Å². The summed E-state index contributed by atoms with van der Waals surface area (Å²) in [6.45, 7) is 2.29. The van der Waals surface area contributed by atoms with Gasteiger partial charge in [0.25, 0.3) is 0 Å². The molecular formula is C11H20N2O2. The molecule has 0 bridgehead atoms. The quantitative estimate of drug-likeness (QED) is 0.649. The van der Waals surface area contributed by atoms with Gasteiger partial charge in [0.05, 0.1) is 12.1 Å². The molecule has 2 heterocycles. The van der Waals surface area contributed by atoms with Crippen molar-refractivity contribution in [1.29, 1.82) is 0 Å². The monoisotopic (exact) mass is 212 g/mol. The molecule has 2 fully saturated rings. The third kappa shape index (κ3) is 2.69. The summed E-state index contributed by atoms with van der Waals surface area (Å²) in [7, 11) is 0. The van der Waals surface area contributed by atoms with Crippen molar-refractivity contribution >= 4 is 5.91 Å². The zero-order valence-corrected chi connectivity index (χ0v) is 9.11. The molecule has 4 nitrogen and oxygen atoms in total. The number of aliphatic hydroxyl groups excluding tert-OH is 1. The molecule has 15 heavy (non-hydrogen) atoms. The summed E-state index contributed by atoms with van der Waals surface area (Å²) in [5, 5.41) is 12.8. The van der Waals surface area contributed by atoms with Crippen LogP contribution in [-0.4, -0.2) is 47.7 Å². The molecule has 0 spiro atoms. The third-order valence-electron chi connectivity index (χ3n) is 3.32. The van der Waals surface area contributed by atoms with Crippen LogP contribution in [0.3, 0.4) is 0 Å². The van der Waals surface area contributed by atoms with Crippen molar-refractivity contribution in [3.05, 3.63) is 0 Å². The van der Waals surface area contributed by atoms with E-state index in [4.69, 9.17) is 0 Å². The summed E-state index contributed by atoms with van der Waals surface area (Å²) >= 11 is 0. The maximum absolute atomic E-state index is 12.1. The molecule has 0 aromatic carbocycles. The first-order valence-electron chi connectivity index (χ1n) is 5.97. The number of amides is 1. The van der Waals surface area contributed by atoms with Crippen molar-refractivity contribution < 1.29 is 9.90 Å². The van der Waals surface area contributed by atoms with Crippen molar-refractivity contribution in [1.82, 2.24) is 10.2 Å². The van der Waals surface area contributed by atoms with Gasteiger partial charge in [0.2, 0.25) is 5.91 Å². The number of aliphatic hydroxyl groups is 1. The lowest BCUT2D eigenvalue weighted by Gasteiger charge is -2.34. The van der Waals surface area contributed by atoms with Crippen LogP contribution >= 0.6 is 0 Å². The second-order valence-electron chi connectivity index (χ2n) is 4.58. The van der Waals surface area contributed by atoms with Crippen LogP contribution in [0.2, 0.25) is 0 Å². The highest BCUT2D eigenvalue weighted by molar-refractivity contribution is 5.82. The Morgan fingerprint density at radius 1 is 1.27 bits per heavy atom. The fraction of sp³-hybridized carbons (Fsp3) is 0.909. The maximum Gasteiger partial charge on any atom is 0.239 e. The van der Waals surface area contributed by atoms with Crippen molar-refractivity contribution in [2.75, 3.05) is 19.6 Å². The molecule has 4 heteroatoms. The largest absolute Gasteiger partial charge is 0.391 e. The molecule has 2 aliphatic heterocycles. The van der Waals surface area contributed by atoms with Gasteiger partial charge in [0.15, 0.2) is 0 Å². The van der Waals surface area contributed by atoms with Crippen LogP contribution < -0.4 is 5.32 Å². The van der Waals surface area contributed by atoms with Gasteiger partial charge in [-0.05, 0) is 32.2 Å². The molecule has 0 aromatic heterocycles. The Bertz CT molecular complexity index is 227. The van der Waals surface area contributed by atoms with E-state index >= 15 is 0 Å². The van der Waals surface area contributed by atoms with Crippen molar-refractivity contribution in [2.45, 2.75) is 44.2 Å². The van der Waals surface area contributed by atoms with Gasteiger partial charge in [-0.15, -0.1) is 0 Å². The SMILES string of the molecule is O=C(C1CCCCN1)N1CCCC(O)C1. The average Bonchev–Trinajstić information content (AvgIpc) is 2.29. The number of nitrogens with one attached hydrogen (secondary N) is 1. The predicted octanol–water partition coefficient (Wildman–Crippen LogP) is 0.112. The van der Waals surface area contributed by atoms with Crippen LogP contribution in [0.4, 0.5) is 0 Å². The van der Waals surface area contributed by atoms with E-state index in [0.29, 0.717) is 6.54 Å². The topological polar surface area (TPSA) is 52.6 Å². The highest BCUT2D eigenvalue weighted by atomic mass is 16.3. The summed E-state index contributed by atoms with van der Waals surface area (Å²) in [5.41, 5.74) is 0. The van der Waals surface area contributed by atoms with E-state index < -0.39 is 0 Å². The summed E-state index contributed by atoms with van der Waals surface area (Å²) in [6.07, 6.45) is 4.71. The molecule has 2 aliphatic rings. The summed E-state index contributed by atoms with van der Waals surface area (Å²) < 4.78 is 0. The molecule has 2 rings (SSSR count). The average molecular weight is 212 g/mol. The number of carbonyl (C=O) groups is 1. The van der Waals surface area contributed by atoms with Crippen molar-refractivity contribution in [3.8, 4) is 0 Å². The molecule has 2 unspecified atom stereocenters. The Labute approximate surface area is 90.6 Å². The van der Waals surface area contributed by atoms with Crippen LogP contribution in [0, 0.1) is 0 Å². The van der Waals surface area contributed by atoms with Gasteiger partial charge in [-0.25, -0.2) is 0 Å². The molecule has 0 radical (unpaired) electrons. The second kappa shape index (κ2) is 4.94. The van der Waals surface area contributed by atoms with Gasteiger partial charge in [-0.3, -0.25) is 4.79 Å². The number of β-amino-alcohol motifs (C(OH)–C–C–N with tert-alkyl or cyclic N) is 1. The lowest BCUT2D eigenvalue weighted by atomic mass is 10.0. The van der Waals surface area contributed by atoms with Gasteiger partial charge in [-0.2, -0.15) is 0 Å². The fourth-order valence-corrected chi connectivity index (χ4v) is 2.44. The molecule has 2 atom stereocenters. The molecule has 0 aromatic rings. The minimum atomic E-state index is -0.314. The molecule has 2 N–H and O–H groups in total. The van der Waals surface area contributed by atoms with E-state index in [1.807, 2.05) is 4.90 Å². The minimum absolute atomic E-state index is 0.00375. The Morgan fingerprint density at radius 2 is 2.13 bits per heavy atom. The van der Waals surface area contributed by atoms with Gasteiger partial charge in [0.1, 0.15) is 0 Å². The number of piperidine rings is 2. The number of hydrogen-bond donors (Lipinski definition) is 2. The number of rotatable bonds is 1. The van der Waals surface area contributed by atoms with Crippen molar-refractivity contribution in [3.63, 3.8) is 0 Å². The van der Waals surface area contributed by atoms with E-state index in [9.17, 15) is 9.90 Å². The van der Waals surface area contributed by atoms with E-state index in [2.05, 4.69) is 5.32 Å². The molecule has 1 amide bonds. The van der Waals surface area contributed by atoms with Gasteiger partial charge in [0, 0.05) is 13.1 Å². The van der Waals surface area contributed by atoms with E-state index in [0.717, 1.165) is 38.8 Å². The number of nitrogens with zero attached hydrogens (tertiary/aromatic N) is 1. The van der Waals surface area contributed by atoms with Crippen LogP contribution in [0.15, 0.2) is 0 Å². The number of hydrogen-bond acceptors (Lipinski definition) is 3. The summed E-state index contributed by atoms with van der Waals surface area (Å²) in [4.78, 5) is 13.9. The predicted molar refractivity (Wildman–Crippen MR) is 57.5 cm³/mol. The van der Waals surface area contributed by atoms with Crippen molar-refractivity contribution in [2.24, 2.45) is 0 Å². The summed E-state index contributed by atoms with van der Waals surface area (Å²) in [5.74, 6) is 0.188. The lowest BCUT2D eigenvalue weighted by Crippen LogP contribution is -2.52. The number of likely N-dealkylation sites (tertiary alicyclic amines) is 1. The minimum Gasteiger partial charge on any atom is -0.391 e. The maximum atomic E-state index is 12.1. The molecule has 86 valence electrons. The first-order valence-corrected chi connectivity index (χ1v) is 5.97. The van der Waals surface area contributed by atoms with E-state index in [1.54, 1.807) is 0 Å². The van der Waals surface area contributed by atoms with Crippen LogP contribution in [0.1, 0.15) is 32.1 Å². The van der Waals surface area contributed by atoms with Crippen LogP contribution in [-0.2, 0) is 4.79 Å². The standard InChI is InChI=1S/C11H20N2O2/c14-9-4-3-7-13(8-9)11(15)10-5-1-2-6-12-10/h9-10,12,14H,1-8H2. The Hall–Kier alpha value is -0.610. The normalized spacial score (nSPS) is 32.7. The lowest BCUT2D eigenvalue weighted by molar-refractivity contribution is -0.137. The highest BCUT2D eigenvalue weighted by Gasteiger charge is 2.28. The first-order chi connectivity index (χ1) is 7.27. The molecule has 0 saturated carbocycles. The molecule has 0 aliphatic carbocycles. The fourth-order valence-electron chi connectivity index (χ4n) is 2.44. The summed E-state index contributed by atoms with van der Waals surface area (Å²) in [6, 6.07) is 0.00375. The Kier molecular flexibility index (Phi) is 3.59. The smallest absolute Gasteiger partial charge is 0.239 e. The first kappa shape index (κ1) is 10.9. The zero-order valence-electron chi connectivity index (χ0n) is 9.11. The Morgan fingerprint density at radius 3 is 2.80 bits per heavy atom. The van der Waals surface area contributed by atoms with Gasteiger partial charge < -0.3 is 15.3 Å². The van der Waals surface area contributed by atoms with Crippen LogP contribution in [0.5, 0.6) is 0 Å². The van der Waals surface area contributed by atoms with E-state index in [1.165, 1.54) is 6.42 Å². The highest BCUT2D eigenvalue weighted by Crippen LogP contribution is 2.14. The van der Waals surface area contributed by atoms with Gasteiger partial charge in [-0.1, -0.05) is 6.42 Å².